The van der Waals surface area contributed by atoms with Gasteiger partial charge in [-0.3, -0.25) is 4.79 Å². The maximum absolute atomic E-state index is 13.3. The Balaban J connectivity index is 1.31. The van der Waals surface area contributed by atoms with E-state index in [9.17, 15) is 9.59 Å². The molecule has 0 unspecified atom stereocenters. The molecule has 1 aliphatic rings. The Morgan fingerprint density at radius 1 is 0.900 bits per heavy atom. The van der Waals surface area contributed by atoms with Crippen LogP contribution in [0.2, 0.25) is 0 Å². The number of fused-ring (bicyclic) bond motifs is 1. The lowest BCUT2D eigenvalue weighted by Crippen LogP contribution is -2.29. The summed E-state index contributed by atoms with van der Waals surface area (Å²) in [5.74, 6) is -0.329. The number of hydrogen-bond donors (Lipinski definition) is 1. The molecule has 1 amide bonds. The molecule has 7 nitrogen and oxygen atoms in total. The van der Waals surface area contributed by atoms with Gasteiger partial charge < -0.3 is 19.3 Å². The quantitative estimate of drug-likeness (QED) is 0.206. The van der Waals surface area contributed by atoms with Gasteiger partial charge in [-0.05, 0) is 72.9 Å². The molecule has 1 aliphatic heterocycles. The third-order valence-corrected chi connectivity index (χ3v) is 7.49. The van der Waals surface area contributed by atoms with Crippen molar-refractivity contribution in [1.29, 1.82) is 0 Å². The first-order valence-corrected chi connectivity index (χ1v) is 13.8. The zero-order valence-corrected chi connectivity index (χ0v) is 23.2. The number of esters is 1. The minimum absolute atomic E-state index is 0.208. The standard InChI is InChI=1S/C32H30N4O3S/c1-35(21-19-23-10-4-3-5-11-23)22-24-15-17-25(18-16-24)32(38)39-30-26-12-6-7-13-27(26)40-36(2)29(30)31(37)34-28-14-8-9-20-33-28/h3-18,20H,19,21-22H2,1-2H3,(H,33,34,37). The van der Waals surface area contributed by atoms with E-state index in [2.05, 4.69) is 46.5 Å². The summed E-state index contributed by atoms with van der Waals surface area (Å²) in [4.78, 5) is 34.0. The lowest BCUT2D eigenvalue weighted by atomic mass is 10.1. The van der Waals surface area contributed by atoms with Gasteiger partial charge >= 0.3 is 5.97 Å². The van der Waals surface area contributed by atoms with Crippen molar-refractivity contribution in [3.05, 3.63) is 131 Å². The second-order valence-corrected chi connectivity index (χ2v) is 10.7. The van der Waals surface area contributed by atoms with E-state index in [1.54, 1.807) is 47.9 Å². The number of likely N-dealkylation sites (N-methyl/N-ethyl adjacent to an activating group) is 2. The first-order valence-electron chi connectivity index (χ1n) is 13.0. The molecule has 0 spiro atoms. The predicted molar refractivity (Wildman–Crippen MR) is 158 cm³/mol. The van der Waals surface area contributed by atoms with Gasteiger partial charge in [0.25, 0.3) is 5.91 Å². The monoisotopic (exact) mass is 550 g/mol. The predicted octanol–water partition coefficient (Wildman–Crippen LogP) is 5.87. The molecule has 0 bridgehead atoms. The number of aromatic nitrogens is 1. The average molecular weight is 551 g/mol. The van der Waals surface area contributed by atoms with Crippen molar-refractivity contribution in [1.82, 2.24) is 14.2 Å². The highest BCUT2D eigenvalue weighted by Crippen LogP contribution is 2.41. The lowest BCUT2D eigenvalue weighted by molar-refractivity contribution is -0.113. The molecule has 8 heteroatoms. The lowest BCUT2D eigenvalue weighted by Gasteiger charge is -2.29. The highest BCUT2D eigenvalue weighted by atomic mass is 32.2. The summed E-state index contributed by atoms with van der Waals surface area (Å²) in [7, 11) is 3.86. The third kappa shape index (κ3) is 6.59. The molecule has 1 N–H and O–H groups in total. The summed E-state index contributed by atoms with van der Waals surface area (Å²) in [6.07, 6.45) is 2.57. The van der Waals surface area contributed by atoms with Crippen LogP contribution in [-0.4, -0.2) is 46.7 Å². The number of pyridine rings is 1. The highest BCUT2D eigenvalue weighted by Gasteiger charge is 2.31. The van der Waals surface area contributed by atoms with Crippen LogP contribution in [0, 0.1) is 0 Å². The van der Waals surface area contributed by atoms with Crippen LogP contribution in [0.5, 0.6) is 0 Å². The Morgan fingerprint density at radius 2 is 1.62 bits per heavy atom. The molecule has 202 valence electrons. The van der Waals surface area contributed by atoms with Gasteiger partial charge in [0.2, 0.25) is 0 Å². The number of benzene rings is 3. The second kappa shape index (κ2) is 12.6. The molecule has 0 saturated carbocycles. The van der Waals surface area contributed by atoms with Crippen LogP contribution >= 0.6 is 11.9 Å². The van der Waals surface area contributed by atoms with Gasteiger partial charge in [-0.25, -0.2) is 9.78 Å². The Bertz CT molecular complexity index is 1510. The molecule has 5 rings (SSSR count). The summed E-state index contributed by atoms with van der Waals surface area (Å²) in [5.41, 5.74) is 3.73. The Hall–Kier alpha value is -4.40. The van der Waals surface area contributed by atoms with Crippen LogP contribution in [0.1, 0.15) is 27.0 Å². The smallest absolute Gasteiger partial charge is 0.343 e. The molecule has 2 heterocycles. The van der Waals surface area contributed by atoms with Crippen LogP contribution in [0.15, 0.2) is 114 Å². The molecule has 4 aromatic rings. The summed E-state index contributed by atoms with van der Waals surface area (Å²) in [6.45, 7) is 1.69. The first-order chi connectivity index (χ1) is 19.5. The van der Waals surface area contributed by atoms with Crippen molar-refractivity contribution >= 4 is 35.4 Å². The minimum Gasteiger partial charge on any atom is -0.420 e. The molecule has 0 fully saturated rings. The Morgan fingerprint density at radius 3 is 2.38 bits per heavy atom. The van der Waals surface area contributed by atoms with Gasteiger partial charge in [-0.2, -0.15) is 0 Å². The van der Waals surface area contributed by atoms with Gasteiger partial charge in [0.1, 0.15) is 5.82 Å². The van der Waals surface area contributed by atoms with Crippen molar-refractivity contribution in [2.45, 2.75) is 17.9 Å². The van der Waals surface area contributed by atoms with E-state index in [4.69, 9.17) is 4.74 Å². The van der Waals surface area contributed by atoms with Crippen molar-refractivity contribution in [2.75, 3.05) is 26.0 Å². The molecule has 3 aromatic carbocycles. The topological polar surface area (TPSA) is 74.8 Å². The van der Waals surface area contributed by atoms with Crippen LogP contribution in [0.3, 0.4) is 0 Å². The molecule has 0 saturated heterocycles. The number of nitrogens with zero attached hydrogens (tertiary/aromatic N) is 3. The number of carbonyl (C=O) groups excluding carboxylic acids is 2. The largest absolute Gasteiger partial charge is 0.420 e. The summed E-state index contributed by atoms with van der Waals surface area (Å²) < 4.78 is 7.65. The fourth-order valence-electron chi connectivity index (χ4n) is 4.41. The SMILES string of the molecule is CN(CCc1ccccc1)Cc1ccc(C(=O)OC2=C(C(=O)Nc3ccccn3)N(C)Sc3ccccc32)cc1. The number of amides is 1. The number of nitrogens with one attached hydrogen (secondary N) is 1. The Kier molecular flexibility index (Phi) is 8.59. The van der Waals surface area contributed by atoms with Crippen LogP contribution < -0.4 is 5.32 Å². The number of carbonyl (C=O) groups is 2. The van der Waals surface area contributed by atoms with Gasteiger partial charge in [0.15, 0.2) is 11.5 Å². The highest BCUT2D eigenvalue weighted by molar-refractivity contribution is 7.97. The molecule has 0 atom stereocenters. The molecule has 40 heavy (non-hydrogen) atoms. The third-order valence-electron chi connectivity index (χ3n) is 6.48. The minimum atomic E-state index is -0.530. The zero-order chi connectivity index (χ0) is 27.9. The van der Waals surface area contributed by atoms with Crippen LogP contribution in [0.25, 0.3) is 5.76 Å². The van der Waals surface area contributed by atoms with Crippen LogP contribution in [-0.2, 0) is 22.5 Å². The van der Waals surface area contributed by atoms with Gasteiger partial charge in [0.05, 0.1) is 5.56 Å². The van der Waals surface area contributed by atoms with Gasteiger partial charge in [0, 0.05) is 36.8 Å². The normalized spacial score (nSPS) is 12.7. The molecule has 0 radical (unpaired) electrons. The van der Waals surface area contributed by atoms with E-state index in [0.29, 0.717) is 16.9 Å². The molecular weight excluding hydrogens is 520 g/mol. The number of anilines is 1. The van der Waals surface area contributed by atoms with Crippen molar-refractivity contribution in [3.8, 4) is 0 Å². The average Bonchev–Trinajstić information content (AvgIpc) is 2.97. The van der Waals surface area contributed by atoms with E-state index in [1.165, 1.54) is 17.5 Å². The van der Waals surface area contributed by atoms with Gasteiger partial charge in [-0.1, -0.05) is 60.7 Å². The molecule has 0 aliphatic carbocycles. The van der Waals surface area contributed by atoms with E-state index < -0.39 is 11.9 Å². The van der Waals surface area contributed by atoms with Crippen LogP contribution in [0.4, 0.5) is 5.82 Å². The van der Waals surface area contributed by atoms with E-state index in [0.717, 1.165) is 30.0 Å². The van der Waals surface area contributed by atoms with E-state index >= 15 is 0 Å². The summed E-state index contributed by atoms with van der Waals surface area (Å²) in [5, 5.41) is 2.80. The zero-order valence-electron chi connectivity index (χ0n) is 22.4. The molecular formula is C32H30N4O3S. The summed E-state index contributed by atoms with van der Waals surface area (Å²) >= 11 is 1.39. The first kappa shape index (κ1) is 27.2. The fourth-order valence-corrected chi connectivity index (χ4v) is 5.36. The maximum atomic E-state index is 13.3. The van der Waals surface area contributed by atoms with E-state index in [1.807, 2.05) is 42.5 Å². The van der Waals surface area contributed by atoms with E-state index in [-0.39, 0.29) is 11.5 Å². The number of hydrogen-bond acceptors (Lipinski definition) is 7. The second-order valence-electron chi connectivity index (χ2n) is 9.49. The van der Waals surface area contributed by atoms with Crippen molar-refractivity contribution < 1.29 is 14.3 Å². The molecule has 1 aromatic heterocycles. The van der Waals surface area contributed by atoms with Crippen molar-refractivity contribution in [3.63, 3.8) is 0 Å². The number of rotatable bonds is 9. The fraction of sp³-hybridized carbons (Fsp3) is 0.156. The number of ether oxygens (including phenoxy) is 1. The summed E-state index contributed by atoms with van der Waals surface area (Å²) in [6, 6.07) is 30.6. The van der Waals surface area contributed by atoms with Gasteiger partial charge in [-0.15, -0.1) is 0 Å². The van der Waals surface area contributed by atoms with Crippen molar-refractivity contribution in [2.24, 2.45) is 0 Å². The maximum Gasteiger partial charge on any atom is 0.343 e. The Labute approximate surface area is 238 Å².